The van der Waals surface area contributed by atoms with Crippen molar-refractivity contribution >= 4 is 46.6 Å². The molecule has 0 heterocycles. The predicted octanol–water partition coefficient (Wildman–Crippen LogP) is 4.77. The third kappa shape index (κ3) is 5.23. The van der Waals surface area contributed by atoms with E-state index in [0.717, 1.165) is 17.3 Å². The molecular weight excluding hydrogens is 358 g/mol. The van der Waals surface area contributed by atoms with Gasteiger partial charge in [-0.25, -0.2) is 9.82 Å². The van der Waals surface area contributed by atoms with Gasteiger partial charge >= 0.3 is 0 Å². The van der Waals surface area contributed by atoms with E-state index in [1.165, 1.54) is 6.07 Å². The summed E-state index contributed by atoms with van der Waals surface area (Å²) >= 11 is 12.9. The molecule has 2 rings (SSSR count). The molecule has 2 aromatic carbocycles. The number of carbonyl (C=O) groups is 1. The summed E-state index contributed by atoms with van der Waals surface area (Å²) in [6.07, 6.45) is 0. The number of nitrogens with zero attached hydrogens (tertiary/aromatic N) is 1. The van der Waals surface area contributed by atoms with Crippen molar-refractivity contribution in [3.8, 4) is 0 Å². The van der Waals surface area contributed by atoms with Gasteiger partial charge in [0.2, 0.25) is 5.91 Å². The largest absolute Gasteiger partial charge is 0.272 e. The zero-order valence-electron chi connectivity index (χ0n) is 12.1. The fourth-order valence-electron chi connectivity index (χ4n) is 1.67. The second-order valence-corrected chi connectivity index (χ2v) is 6.41. The fraction of sp³-hybridized carbons (Fsp3) is 0.125. The standard InChI is InChI=1S/C16H13Cl2FN2OS/c1-10(11-6-7-12(17)13(18)8-11)20-21-16(22)9-23-15-5-3-2-4-14(15)19/h2-8H,9H2,1H3,(H,21,22)/b20-10-. The third-order valence-corrected chi connectivity index (χ3v) is 4.67. The summed E-state index contributed by atoms with van der Waals surface area (Å²) in [7, 11) is 0. The second-order valence-electron chi connectivity index (χ2n) is 4.58. The molecule has 0 radical (unpaired) electrons. The Bertz CT molecular complexity index is 753. The maximum Gasteiger partial charge on any atom is 0.250 e. The van der Waals surface area contributed by atoms with Crippen LogP contribution in [0, 0.1) is 5.82 Å². The van der Waals surface area contributed by atoms with Crippen LogP contribution in [0.3, 0.4) is 0 Å². The molecule has 0 aliphatic heterocycles. The summed E-state index contributed by atoms with van der Waals surface area (Å²) in [6.45, 7) is 1.74. The van der Waals surface area contributed by atoms with Gasteiger partial charge in [-0.2, -0.15) is 5.10 Å². The Balaban J connectivity index is 1.92. The maximum atomic E-state index is 13.4. The van der Waals surface area contributed by atoms with E-state index in [-0.39, 0.29) is 17.5 Å². The molecule has 0 bridgehead atoms. The smallest absolute Gasteiger partial charge is 0.250 e. The van der Waals surface area contributed by atoms with Crippen LogP contribution in [0.25, 0.3) is 0 Å². The summed E-state index contributed by atoms with van der Waals surface area (Å²) in [4.78, 5) is 12.2. The van der Waals surface area contributed by atoms with Gasteiger partial charge in [-0.05, 0) is 36.8 Å². The molecule has 0 unspecified atom stereocenters. The Kier molecular flexibility index (Phi) is 6.45. The number of thioether (sulfide) groups is 1. The van der Waals surface area contributed by atoms with Gasteiger partial charge < -0.3 is 0 Å². The average molecular weight is 371 g/mol. The van der Waals surface area contributed by atoms with Crippen LogP contribution < -0.4 is 5.43 Å². The third-order valence-electron chi connectivity index (χ3n) is 2.88. The first-order valence-electron chi connectivity index (χ1n) is 6.63. The van der Waals surface area contributed by atoms with Crippen molar-refractivity contribution in [3.05, 3.63) is 63.9 Å². The van der Waals surface area contributed by atoms with Crippen LogP contribution in [0.4, 0.5) is 4.39 Å². The Morgan fingerprint density at radius 1 is 1.22 bits per heavy atom. The van der Waals surface area contributed by atoms with E-state index < -0.39 is 0 Å². The lowest BCUT2D eigenvalue weighted by molar-refractivity contribution is -0.118. The lowest BCUT2D eigenvalue weighted by atomic mass is 10.1. The van der Waals surface area contributed by atoms with Crippen LogP contribution in [0.1, 0.15) is 12.5 Å². The number of rotatable bonds is 5. The van der Waals surface area contributed by atoms with Crippen LogP contribution in [-0.2, 0) is 4.79 Å². The molecule has 23 heavy (non-hydrogen) atoms. The molecule has 0 saturated carbocycles. The molecule has 1 N–H and O–H groups in total. The second kappa shape index (κ2) is 8.34. The molecule has 0 atom stereocenters. The molecule has 1 amide bonds. The van der Waals surface area contributed by atoms with E-state index in [2.05, 4.69) is 10.5 Å². The first kappa shape index (κ1) is 17.8. The minimum absolute atomic E-state index is 0.0685. The van der Waals surface area contributed by atoms with Crippen LogP contribution in [0.15, 0.2) is 52.5 Å². The highest BCUT2D eigenvalue weighted by Crippen LogP contribution is 2.23. The SMILES string of the molecule is C/C(=N/NC(=O)CSc1ccccc1F)c1ccc(Cl)c(Cl)c1. The molecule has 7 heteroatoms. The minimum Gasteiger partial charge on any atom is -0.272 e. The number of halogens is 3. The molecule has 3 nitrogen and oxygen atoms in total. The lowest BCUT2D eigenvalue weighted by Crippen LogP contribution is -2.21. The summed E-state index contributed by atoms with van der Waals surface area (Å²) in [6, 6.07) is 11.4. The van der Waals surface area contributed by atoms with E-state index in [4.69, 9.17) is 23.2 Å². The molecule has 0 aromatic heterocycles. The van der Waals surface area contributed by atoms with Crippen LogP contribution in [0.5, 0.6) is 0 Å². The number of hydrogen-bond donors (Lipinski definition) is 1. The average Bonchev–Trinajstić information content (AvgIpc) is 2.54. The molecule has 0 spiro atoms. The van der Waals surface area contributed by atoms with Gasteiger partial charge in [0.05, 0.1) is 21.5 Å². The Morgan fingerprint density at radius 3 is 2.65 bits per heavy atom. The van der Waals surface area contributed by atoms with Crippen molar-refractivity contribution in [1.29, 1.82) is 0 Å². The van der Waals surface area contributed by atoms with E-state index in [0.29, 0.717) is 20.7 Å². The number of benzene rings is 2. The van der Waals surface area contributed by atoms with Gasteiger partial charge in [0, 0.05) is 4.90 Å². The molecule has 0 saturated heterocycles. The van der Waals surface area contributed by atoms with Crippen LogP contribution >= 0.6 is 35.0 Å². The van der Waals surface area contributed by atoms with Gasteiger partial charge in [-0.1, -0.05) is 41.4 Å². The molecular formula is C16H13Cl2FN2OS. The quantitative estimate of drug-likeness (QED) is 0.468. The van der Waals surface area contributed by atoms with Gasteiger partial charge in [0.25, 0.3) is 0 Å². The highest BCUT2D eigenvalue weighted by Gasteiger charge is 2.07. The van der Waals surface area contributed by atoms with Gasteiger partial charge in [0.15, 0.2) is 0 Å². The van der Waals surface area contributed by atoms with Crippen molar-refractivity contribution in [2.45, 2.75) is 11.8 Å². The zero-order valence-corrected chi connectivity index (χ0v) is 14.5. The number of carbonyl (C=O) groups excluding carboxylic acids is 1. The highest BCUT2D eigenvalue weighted by molar-refractivity contribution is 8.00. The first-order chi connectivity index (χ1) is 11.0. The predicted molar refractivity (Wildman–Crippen MR) is 93.9 cm³/mol. The highest BCUT2D eigenvalue weighted by atomic mass is 35.5. The van der Waals surface area contributed by atoms with Crippen molar-refractivity contribution in [2.75, 3.05) is 5.75 Å². The molecule has 120 valence electrons. The van der Waals surface area contributed by atoms with E-state index in [9.17, 15) is 9.18 Å². The number of hydrogen-bond acceptors (Lipinski definition) is 3. The van der Waals surface area contributed by atoms with Gasteiger partial charge in [-0.3, -0.25) is 4.79 Å². The summed E-state index contributed by atoms with van der Waals surface area (Å²) in [5, 5.41) is 4.88. The van der Waals surface area contributed by atoms with E-state index in [1.807, 2.05) is 0 Å². The summed E-state index contributed by atoms with van der Waals surface area (Å²) in [5.74, 6) is -0.600. The molecule has 0 aliphatic carbocycles. The van der Waals surface area contributed by atoms with Crippen molar-refractivity contribution in [3.63, 3.8) is 0 Å². The van der Waals surface area contributed by atoms with E-state index >= 15 is 0 Å². The van der Waals surface area contributed by atoms with Crippen molar-refractivity contribution < 1.29 is 9.18 Å². The topological polar surface area (TPSA) is 41.5 Å². The van der Waals surface area contributed by atoms with E-state index in [1.54, 1.807) is 43.3 Å². The normalized spacial score (nSPS) is 11.4. The van der Waals surface area contributed by atoms with Crippen LogP contribution in [0.2, 0.25) is 10.0 Å². The minimum atomic E-state index is -0.346. The number of amides is 1. The zero-order chi connectivity index (χ0) is 16.8. The van der Waals surface area contributed by atoms with Gasteiger partial charge in [0.1, 0.15) is 5.82 Å². The Morgan fingerprint density at radius 2 is 1.96 bits per heavy atom. The Hall–Kier alpha value is -1.56. The summed E-state index contributed by atoms with van der Waals surface area (Å²) in [5.41, 5.74) is 3.78. The van der Waals surface area contributed by atoms with Gasteiger partial charge in [-0.15, -0.1) is 11.8 Å². The monoisotopic (exact) mass is 370 g/mol. The van der Waals surface area contributed by atoms with Crippen molar-refractivity contribution in [1.82, 2.24) is 5.43 Å². The maximum absolute atomic E-state index is 13.4. The first-order valence-corrected chi connectivity index (χ1v) is 8.37. The lowest BCUT2D eigenvalue weighted by Gasteiger charge is -2.05. The van der Waals surface area contributed by atoms with Crippen LogP contribution in [-0.4, -0.2) is 17.4 Å². The van der Waals surface area contributed by atoms with Crippen molar-refractivity contribution in [2.24, 2.45) is 5.10 Å². The fourth-order valence-corrected chi connectivity index (χ4v) is 2.70. The number of nitrogens with one attached hydrogen (secondary N) is 1. The summed E-state index contributed by atoms with van der Waals surface area (Å²) < 4.78 is 13.4. The number of hydrazone groups is 1. The molecule has 2 aromatic rings. The molecule has 0 aliphatic rings. The Labute approximate surface area is 147 Å². The molecule has 0 fully saturated rings.